The van der Waals surface area contributed by atoms with Gasteiger partial charge in [0, 0.05) is 12.1 Å². The predicted molar refractivity (Wildman–Crippen MR) is 88.1 cm³/mol. The maximum atomic E-state index is 12.9. The molecule has 5 nitrogen and oxygen atoms in total. The lowest BCUT2D eigenvalue weighted by atomic mass is 9.86. The molecule has 0 atom stereocenters. The maximum absolute atomic E-state index is 12.9. The highest BCUT2D eigenvalue weighted by molar-refractivity contribution is 5.79. The first-order valence-electron chi connectivity index (χ1n) is 9.31. The highest BCUT2D eigenvalue weighted by Gasteiger charge is 2.39. The smallest absolute Gasteiger partial charge is 0.306 e. The maximum Gasteiger partial charge on any atom is 0.306 e. The number of carboxylic acid groups (broad SMARTS) is 1. The van der Waals surface area contributed by atoms with Gasteiger partial charge in [-0.2, -0.15) is 0 Å². The molecule has 23 heavy (non-hydrogen) atoms. The summed E-state index contributed by atoms with van der Waals surface area (Å²) in [6.45, 7) is 4.27. The zero-order valence-corrected chi connectivity index (χ0v) is 14.2. The van der Waals surface area contributed by atoms with E-state index in [0.29, 0.717) is 31.5 Å². The highest BCUT2D eigenvalue weighted by atomic mass is 16.4. The van der Waals surface area contributed by atoms with E-state index in [1.807, 2.05) is 0 Å². The normalized spacial score (nSPS) is 30.1. The molecule has 0 bridgehead atoms. The van der Waals surface area contributed by atoms with E-state index in [-0.39, 0.29) is 11.8 Å². The fraction of sp³-hybridized carbons (Fsp3) is 0.889. The molecule has 1 saturated heterocycles. The van der Waals surface area contributed by atoms with Crippen LogP contribution in [0.3, 0.4) is 0 Å². The van der Waals surface area contributed by atoms with Gasteiger partial charge in [0.05, 0.1) is 12.5 Å². The van der Waals surface area contributed by atoms with Crippen molar-refractivity contribution in [3.8, 4) is 0 Å². The van der Waals surface area contributed by atoms with Gasteiger partial charge in [-0.05, 0) is 70.4 Å². The van der Waals surface area contributed by atoms with E-state index in [1.165, 1.54) is 25.7 Å². The molecule has 5 heteroatoms. The molecule has 3 rings (SSSR count). The van der Waals surface area contributed by atoms with E-state index in [4.69, 9.17) is 5.11 Å². The average molecular weight is 322 g/mol. The van der Waals surface area contributed by atoms with E-state index in [9.17, 15) is 9.59 Å². The van der Waals surface area contributed by atoms with Gasteiger partial charge in [-0.15, -0.1) is 0 Å². The third kappa shape index (κ3) is 4.25. The third-order valence-electron chi connectivity index (χ3n) is 5.90. The fourth-order valence-corrected chi connectivity index (χ4v) is 4.19. The summed E-state index contributed by atoms with van der Waals surface area (Å²) in [4.78, 5) is 28.2. The van der Waals surface area contributed by atoms with E-state index in [2.05, 4.69) is 16.7 Å². The number of piperidine rings is 1. The molecule has 1 aliphatic heterocycles. The Bertz CT molecular complexity index is 434. The number of carboxylic acids is 1. The molecular formula is C18H30N2O3. The molecule has 0 aromatic carbocycles. The van der Waals surface area contributed by atoms with Crippen LogP contribution in [0.1, 0.15) is 58.3 Å². The van der Waals surface area contributed by atoms with Crippen LogP contribution in [0.2, 0.25) is 0 Å². The van der Waals surface area contributed by atoms with Crippen molar-refractivity contribution in [3.05, 3.63) is 0 Å². The van der Waals surface area contributed by atoms with Gasteiger partial charge in [0.15, 0.2) is 0 Å². The van der Waals surface area contributed by atoms with Crippen LogP contribution < -0.4 is 0 Å². The van der Waals surface area contributed by atoms with Gasteiger partial charge in [-0.1, -0.05) is 6.92 Å². The molecule has 2 aliphatic carbocycles. The minimum Gasteiger partial charge on any atom is -0.481 e. The molecule has 1 amide bonds. The fourth-order valence-electron chi connectivity index (χ4n) is 4.19. The summed E-state index contributed by atoms with van der Waals surface area (Å²) in [5.74, 6) is 0.172. The monoisotopic (exact) mass is 322 g/mol. The molecule has 2 saturated carbocycles. The van der Waals surface area contributed by atoms with Crippen molar-refractivity contribution in [2.45, 2.75) is 70.4 Å². The van der Waals surface area contributed by atoms with Gasteiger partial charge >= 0.3 is 5.97 Å². The standard InChI is InChI=1S/C18H30N2O3/c1-13-2-4-15(5-3-13)20(16-6-7-16)17(21)12-19-10-8-14(9-11-19)18(22)23/h13-16H,2-12H2,1H3,(H,22,23). The van der Waals surface area contributed by atoms with Gasteiger partial charge < -0.3 is 10.0 Å². The quantitative estimate of drug-likeness (QED) is 0.844. The Labute approximate surface area is 139 Å². The molecule has 0 aromatic heterocycles. The number of aliphatic carboxylic acids is 1. The Hall–Kier alpha value is -1.10. The summed E-state index contributed by atoms with van der Waals surface area (Å²) >= 11 is 0. The first kappa shape index (κ1) is 16.7. The highest BCUT2D eigenvalue weighted by Crippen LogP contribution is 2.35. The summed E-state index contributed by atoms with van der Waals surface area (Å²) in [6, 6.07) is 0.931. The van der Waals surface area contributed by atoms with Crippen molar-refractivity contribution < 1.29 is 14.7 Å². The van der Waals surface area contributed by atoms with Gasteiger partial charge in [0.25, 0.3) is 0 Å². The van der Waals surface area contributed by atoms with Crippen molar-refractivity contribution in [2.75, 3.05) is 19.6 Å². The molecule has 0 unspecified atom stereocenters. The number of rotatable bonds is 5. The summed E-state index contributed by atoms with van der Waals surface area (Å²) in [7, 11) is 0. The van der Waals surface area contributed by atoms with Crippen LogP contribution in [-0.2, 0) is 9.59 Å². The van der Waals surface area contributed by atoms with Crippen LogP contribution in [0, 0.1) is 11.8 Å². The topological polar surface area (TPSA) is 60.9 Å². The van der Waals surface area contributed by atoms with E-state index >= 15 is 0 Å². The van der Waals surface area contributed by atoms with Gasteiger partial charge in [-0.3, -0.25) is 14.5 Å². The van der Waals surface area contributed by atoms with E-state index in [1.54, 1.807) is 0 Å². The number of hydrogen-bond acceptors (Lipinski definition) is 3. The summed E-state index contributed by atoms with van der Waals surface area (Å²) in [6.07, 6.45) is 8.48. The first-order valence-corrected chi connectivity index (χ1v) is 9.31. The van der Waals surface area contributed by atoms with Crippen molar-refractivity contribution in [3.63, 3.8) is 0 Å². The number of likely N-dealkylation sites (tertiary alicyclic amines) is 1. The Morgan fingerprint density at radius 2 is 1.48 bits per heavy atom. The largest absolute Gasteiger partial charge is 0.481 e. The van der Waals surface area contributed by atoms with Crippen molar-refractivity contribution in [1.82, 2.24) is 9.80 Å². The zero-order chi connectivity index (χ0) is 16.4. The van der Waals surface area contributed by atoms with Gasteiger partial charge in [-0.25, -0.2) is 0 Å². The molecule has 0 aromatic rings. The Kier molecular flexibility index (Phi) is 5.24. The molecular weight excluding hydrogens is 292 g/mol. The van der Waals surface area contributed by atoms with Crippen LogP contribution in [-0.4, -0.2) is 58.5 Å². The predicted octanol–water partition coefficient (Wildman–Crippen LogP) is 2.35. The number of carbonyl (C=O) groups excluding carboxylic acids is 1. The molecule has 0 radical (unpaired) electrons. The molecule has 130 valence electrons. The minimum absolute atomic E-state index is 0.222. The Balaban J connectivity index is 1.52. The lowest BCUT2D eigenvalue weighted by Gasteiger charge is -2.38. The lowest BCUT2D eigenvalue weighted by Crippen LogP contribution is -2.49. The summed E-state index contributed by atoms with van der Waals surface area (Å²) < 4.78 is 0. The van der Waals surface area contributed by atoms with Crippen LogP contribution in [0.15, 0.2) is 0 Å². The number of carbonyl (C=O) groups is 2. The second kappa shape index (κ2) is 7.20. The molecule has 0 spiro atoms. The number of amides is 1. The summed E-state index contributed by atoms with van der Waals surface area (Å²) in [5.41, 5.74) is 0. The second-order valence-corrected chi connectivity index (χ2v) is 7.83. The van der Waals surface area contributed by atoms with Gasteiger partial charge in [0.1, 0.15) is 0 Å². The second-order valence-electron chi connectivity index (χ2n) is 7.83. The van der Waals surface area contributed by atoms with Crippen molar-refractivity contribution in [2.24, 2.45) is 11.8 Å². The van der Waals surface area contributed by atoms with E-state index in [0.717, 1.165) is 31.8 Å². The average Bonchev–Trinajstić information content (AvgIpc) is 3.35. The summed E-state index contributed by atoms with van der Waals surface area (Å²) in [5, 5.41) is 9.07. The van der Waals surface area contributed by atoms with Crippen LogP contribution in [0.25, 0.3) is 0 Å². The molecule has 1 N–H and O–H groups in total. The first-order chi connectivity index (χ1) is 11.0. The van der Waals surface area contributed by atoms with E-state index < -0.39 is 5.97 Å². The molecule has 3 aliphatic rings. The van der Waals surface area contributed by atoms with Crippen LogP contribution >= 0.6 is 0 Å². The third-order valence-corrected chi connectivity index (χ3v) is 5.90. The zero-order valence-electron chi connectivity index (χ0n) is 14.2. The van der Waals surface area contributed by atoms with Gasteiger partial charge in [0.2, 0.25) is 5.91 Å². The van der Waals surface area contributed by atoms with Crippen LogP contribution in [0.5, 0.6) is 0 Å². The number of hydrogen-bond donors (Lipinski definition) is 1. The minimum atomic E-state index is -0.688. The lowest BCUT2D eigenvalue weighted by molar-refractivity contribution is -0.143. The van der Waals surface area contributed by atoms with Crippen molar-refractivity contribution >= 4 is 11.9 Å². The SMILES string of the molecule is CC1CCC(N(C(=O)CN2CCC(C(=O)O)CC2)C2CC2)CC1. The van der Waals surface area contributed by atoms with Crippen LogP contribution in [0.4, 0.5) is 0 Å². The Morgan fingerprint density at radius 3 is 1.96 bits per heavy atom. The molecule has 3 fully saturated rings. The number of nitrogens with zero attached hydrogens (tertiary/aromatic N) is 2. The molecule has 1 heterocycles. The van der Waals surface area contributed by atoms with Crippen molar-refractivity contribution in [1.29, 1.82) is 0 Å². The Morgan fingerprint density at radius 1 is 0.957 bits per heavy atom.